The third kappa shape index (κ3) is 6.85. The number of nitriles is 1. The molecule has 3 rings (SSSR count). The lowest BCUT2D eigenvalue weighted by Gasteiger charge is -2.08. The molecule has 8 nitrogen and oxygen atoms in total. The molecule has 0 aliphatic heterocycles. The summed E-state index contributed by atoms with van der Waals surface area (Å²) in [4.78, 5) is 16.6. The lowest BCUT2D eigenvalue weighted by molar-refractivity contribution is -0.116. The van der Waals surface area contributed by atoms with Gasteiger partial charge in [-0.05, 0) is 49.2 Å². The molecule has 160 valence electrons. The van der Waals surface area contributed by atoms with Crippen molar-refractivity contribution in [3.05, 3.63) is 54.4 Å². The number of unbranched alkanes of at least 4 members (excludes halogenated alkanes) is 1. The highest BCUT2D eigenvalue weighted by Gasteiger charge is 2.10. The molecule has 0 fully saturated rings. The van der Waals surface area contributed by atoms with Gasteiger partial charge in [0.2, 0.25) is 17.6 Å². The van der Waals surface area contributed by atoms with E-state index in [4.69, 9.17) is 19.3 Å². The number of methoxy groups -OCH3 is 1. The summed E-state index contributed by atoms with van der Waals surface area (Å²) in [5.74, 6) is 2.32. The monoisotopic (exact) mass is 420 g/mol. The smallest absolute Gasteiger partial charge is 0.226 e. The number of nitrogens with zero attached hydrogens (tertiary/aromatic N) is 3. The first kappa shape index (κ1) is 21.8. The molecule has 0 atom stereocenters. The lowest BCUT2D eigenvalue weighted by atomic mass is 10.2. The Morgan fingerprint density at radius 3 is 2.77 bits per heavy atom. The van der Waals surface area contributed by atoms with Crippen LogP contribution < -0.4 is 14.8 Å². The molecule has 3 aromatic rings. The number of aromatic nitrogens is 2. The van der Waals surface area contributed by atoms with E-state index in [1.54, 1.807) is 19.2 Å². The Balaban J connectivity index is 1.43. The third-order valence-corrected chi connectivity index (χ3v) is 4.43. The fourth-order valence-electron chi connectivity index (χ4n) is 2.84. The number of rotatable bonds is 11. The van der Waals surface area contributed by atoms with Crippen molar-refractivity contribution in [1.82, 2.24) is 10.1 Å². The second-order valence-electron chi connectivity index (χ2n) is 6.78. The fraction of sp³-hybridized carbons (Fsp3) is 0.304. The minimum Gasteiger partial charge on any atom is -0.497 e. The van der Waals surface area contributed by atoms with Crippen molar-refractivity contribution in [2.24, 2.45) is 0 Å². The molecule has 1 N–H and O–H groups in total. The van der Waals surface area contributed by atoms with Crippen LogP contribution in [0.4, 0.5) is 5.69 Å². The first-order chi connectivity index (χ1) is 15.2. The first-order valence-corrected chi connectivity index (χ1v) is 10.0. The van der Waals surface area contributed by atoms with E-state index in [0.717, 1.165) is 11.3 Å². The molecule has 2 aromatic carbocycles. The molecule has 0 bridgehead atoms. The average Bonchev–Trinajstić information content (AvgIpc) is 3.26. The van der Waals surface area contributed by atoms with Gasteiger partial charge in [0.15, 0.2) is 0 Å². The third-order valence-electron chi connectivity index (χ3n) is 4.43. The van der Waals surface area contributed by atoms with Gasteiger partial charge in [0, 0.05) is 36.6 Å². The minimum absolute atomic E-state index is 0.100. The first-order valence-electron chi connectivity index (χ1n) is 10.0. The van der Waals surface area contributed by atoms with E-state index in [9.17, 15) is 4.79 Å². The Labute approximate surface area is 180 Å². The van der Waals surface area contributed by atoms with Gasteiger partial charge in [-0.2, -0.15) is 10.2 Å². The molecule has 0 spiro atoms. The molecular weight excluding hydrogens is 396 g/mol. The number of hydrogen-bond donors (Lipinski definition) is 1. The van der Waals surface area contributed by atoms with Gasteiger partial charge >= 0.3 is 0 Å². The largest absolute Gasteiger partial charge is 0.497 e. The molecule has 0 unspecified atom stereocenters. The van der Waals surface area contributed by atoms with E-state index >= 15 is 0 Å². The fourth-order valence-corrected chi connectivity index (χ4v) is 2.84. The second-order valence-corrected chi connectivity index (χ2v) is 6.78. The van der Waals surface area contributed by atoms with Gasteiger partial charge in [-0.15, -0.1) is 0 Å². The van der Waals surface area contributed by atoms with Crippen LogP contribution >= 0.6 is 0 Å². The highest BCUT2D eigenvalue weighted by molar-refractivity contribution is 5.90. The van der Waals surface area contributed by atoms with Crippen molar-refractivity contribution < 1.29 is 18.8 Å². The maximum Gasteiger partial charge on any atom is 0.226 e. The van der Waals surface area contributed by atoms with Crippen molar-refractivity contribution in [3.63, 3.8) is 0 Å². The van der Waals surface area contributed by atoms with Crippen molar-refractivity contribution >= 4 is 11.6 Å². The molecule has 1 amide bonds. The van der Waals surface area contributed by atoms with Gasteiger partial charge < -0.3 is 19.3 Å². The maximum absolute atomic E-state index is 12.2. The summed E-state index contributed by atoms with van der Waals surface area (Å²) in [7, 11) is 1.61. The zero-order chi connectivity index (χ0) is 21.9. The van der Waals surface area contributed by atoms with E-state index < -0.39 is 0 Å². The predicted molar refractivity (Wildman–Crippen MR) is 115 cm³/mol. The van der Waals surface area contributed by atoms with Crippen LogP contribution in [0.5, 0.6) is 11.5 Å². The highest BCUT2D eigenvalue weighted by atomic mass is 16.5. The molecule has 0 radical (unpaired) electrons. The molecule has 1 heterocycles. The Bertz CT molecular complexity index is 1020. The summed E-state index contributed by atoms with van der Waals surface area (Å²) in [5, 5.41) is 15.4. The number of anilines is 1. The summed E-state index contributed by atoms with van der Waals surface area (Å²) >= 11 is 0. The van der Waals surface area contributed by atoms with Crippen molar-refractivity contribution in [3.8, 4) is 29.0 Å². The van der Waals surface area contributed by atoms with Crippen LogP contribution in [0.1, 0.15) is 31.6 Å². The Morgan fingerprint density at radius 2 is 2.00 bits per heavy atom. The summed E-state index contributed by atoms with van der Waals surface area (Å²) in [6.45, 7) is 0.466. The van der Waals surface area contributed by atoms with E-state index in [1.165, 1.54) is 0 Å². The van der Waals surface area contributed by atoms with Gasteiger partial charge in [0.25, 0.3) is 0 Å². The predicted octanol–water partition coefficient (Wildman–Crippen LogP) is 4.39. The summed E-state index contributed by atoms with van der Waals surface area (Å²) < 4.78 is 16.0. The number of carbonyl (C=O) groups excluding carboxylic acids is 1. The van der Waals surface area contributed by atoms with Crippen molar-refractivity contribution in [2.45, 2.75) is 32.1 Å². The summed E-state index contributed by atoms with van der Waals surface area (Å²) in [5.41, 5.74) is 1.51. The Hall–Kier alpha value is -3.86. The van der Waals surface area contributed by atoms with Crippen molar-refractivity contribution in [1.29, 1.82) is 5.26 Å². The highest BCUT2D eigenvalue weighted by Crippen LogP contribution is 2.21. The van der Waals surface area contributed by atoms with Gasteiger partial charge in [-0.1, -0.05) is 11.2 Å². The van der Waals surface area contributed by atoms with Crippen LogP contribution in [0.25, 0.3) is 11.4 Å². The van der Waals surface area contributed by atoms with Crippen LogP contribution in [0.2, 0.25) is 0 Å². The molecule has 0 saturated carbocycles. The van der Waals surface area contributed by atoms with Crippen LogP contribution in [0.15, 0.2) is 53.1 Å². The molecule has 8 heteroatoms. The van der Waals surface area contributed by atoms with E-state index in [2.05, 4.69) is 21.5 Å². The van der Waals surface area contributed by atoms with Gasteiger partial charge in [-0.3, -0.25) is 4.79 Å². The second kappa shape index (κ2) is 11.4. The normalized spacial score (nSPS) is 10.3. The maximum atomic E-state index is 12.2. The zero-order valence-corrected chi connectivity index (χ0v) is 17.3. The number of carbonyl (C=O) groups is 1. The molecular formula is C23H24N4O4. The van der Waals surface area contributed by atoms with Crippen LogP contribution in [-0.2, 0) is 11.2 Å². The van der Waals surface area contributed by atoms with Gasteiger partial charge in [0.1, 0.15) is 11.5 Å². The number of hydrogen-bond acceptors (Lipinski definition) is 7. The van der Waals surface area contributed by atoms with E-state index in [1.807, 2.05) is 36.4 Å². The van der Waals surface area contributed by atoms with Crippen LogP contribution in [-0.4, -0.2) is 29.8 Å². The van der Waals surface area contributed by atoms with E-state index in [-0.39, 0.29) is 5.91 Å². The van der Waals surface area contributed by atoms with E-state index in [0.29, 0.717) is 61.9 Å². The van der Waals surface area contributed by atoms with Crippen LogP contribution in [0.3, 0.4) is 0 Å². The lowest BCUT2D eigenvalue weighted by Crippen LogP contribution is -2.11. The van der Waals surface area contributed by atoms with Gasteiger partial charge in [0.05, 0.1) is 19.8 Å². The van der Waals surface area contributed by atoms with Gasteiger partial charge in [-0.25, -0.2) is 0 Å². The number of ether oxygens (including phenoxy) is 2. The zero-order valence-electron chi connectivity index (χ0n) is 17.3. The number of aryl methyl sites for hydroxylation is 1. The SMILES string of the molecule is COc1ccc(-c2noc(CCCC(=O)Nc3cccc(OCCCC#N)c3)n2)cc1. The number of amides is 1. The topological polar surface area (TPSA) is 110 Å². The quantitative estimate of drug-likeness (QED) is 0.458. The molecule has 0 aliphatic carbocycles. The van der Waals surface area contributed by atoms with Crippen molar-refractivity contribution in [2.75, 3.05) is 19.0 Å². The Morgan fingerprint density at radius 1 is 1.16 bits per heavy atom. The number of nitrogens with one attached hydrogen (secondary N) is 1. The standard InChI is InChI=1S/C23H24N4O4/c1-29-19-12-10-17(11-13-19)23-26-22(31-27-23)9-5-8-21(28)25-18-6-4-7-20(16-18)30-15-3-2-14-24/h4,6-7,10-13,16H,2-3,5,8-9,15H2,1H3,(H,25,28). The minimum atomic E-state index is -0.100. The molecule has 0 saturated heterocycles. The average molecular weight is 420 g/mol. The Kier molecular flexibility index (Phi) is 8.00. The summed E-state index contributed by atoms with van der Waals surface area (Å²) in [6.07, 6.45) is 2.55. The summed E-state index contributed by atoms with van der Waals surface area (Å²) in [6, 6.07) is 16.7. The molecule has 31 heavy (non-hydrogen) atoms. The molecule has 0 aliphatic rings. The molecule has 1 aromatic heterocycles. The van der Waals surface area contributed by atoms with Crippen LogP contribution in [0, 0.1) is 11.3 Å². The number of benzene rings is 2.